The van der Waals surface area contributed by atoms with E-state index in [1.807, 2.05) is 0 Å². The smallest absolute Gasteiger partial charge is 0.333 e. The lowest BCUT2D eigenvalue weighted by Gasteiger charge is -2.09. The molecule has 132 valence electrons. The van der Waals surface area contributed by atoms with Crippen LogP contribution in [-0.2, 0) is 0 Å². The summed E-state index contributed by atoms with van der Waals surface area (Å²) in [6.07, 6.45) is 1.08. The van der Waals surface area contributed by atoms with Gasteiger partial charge in [-0.15, -0.1) is 0 Å². The molecule has 7 nitrogen and oxygen atoms in total. The van der Waals surface area contributed by atoms with Gasteiger partial charge in [0, 0.05) is 6.20 Å². The topological polar surface area (TPSA) is 93.2 Å². The molecule has 0 atom stereocenters. The minimum atomic E-state index is -0.747. The van der Waals surface area contributed by atoms with Crippen molar-refractivity contribution < 1.29 is 9.53 Å². The van der Waals surface area contributed by atoms with Crippen molar-refractivity contribution in [3.63, 3.8) is 0 Å². The van der Waals surface area contributed by atoms with Gasteiger partial charge in [0.1, 0.15) is 11.3 Å². The number of H-pyrrole nitrogens is 1. The van der Waals surface area contributed by atoms with Gasteiger partial charge in [0.05, 0.1) is 23.5 Å². The minimum absolute atomic E-state index is 0.222. The molecule has 2 N–H and O–H groups in total. The summed E-state index contributed by atoms with van der Waals surface area (Å²) in [7, 11) is 1.51. The van der Waals surface area contributed by atoms with Crippen LogP contribution in [0.1, 0.15) is 10.4 Å². The van der Waals surface area contributed by atoms with E-state index in [-0.39, 0.29) is 5.56 Å². The molecule has 0 spiro atoms. The number of para-hydroxylation sites is 1. The third-order valence-corrected chi connectivity index (χ3v) is 4.00. The summed E-state index contributed by atoms with van der Waals surface area (Å²) in [6, 6.07) is 12.9. The Labute approximate surface area is 152 Å². The molecule has 0 radical (unpaired) electrons. The van der Waals surface area contributed by atoms with Gasteiger partial charge >= 0.3 is 5.69 Å². The maximum atomic E-state index is 12.7. The number of carbonyl (C=O) groups excluding carboxylic acids is 1. The normalized spacial score (nSPS) is 10.4. The van der Waals surface area contributed by atoms with Crippen LogP contribution in [0.3, 0.4) is 0 Å². The van der Waals surface area contributed by atoms with E-state index >= 15 is 0 Å². The Morgan fingerprint density at radius 3 is 2.46 bits per heavy atom. The molecule has 0 unspecified atom stereocenters. The number of carbonyl (C=O) groups is 1. The molecular formula is C18H14ClN3O4. The first-order valence-electron chi connectivity index (χ1n) is 7.56. The summed E-state index contributed by atoms with van der Waals surface area (Å²) in [4.78, 5) is 39.6. The zero-order chi connectivity index (χ0) is 18.7. The Hall–Kier alpha value is -3.32. The van der Waals surface area contributed by atoms with Gasteiger partial charge in [0.2, 0.25) is 0 Å². The number of amides is 1. The van der Waals surface area contributed by atoms with E-state index in [4.69, 9.17) is 16.3 Å². The number of hydrogen-bond acceptors (Lipinski definition) is 4. The van der Waals surface area contributed by atoms with Crippen molar-refractivity contribution in [2.24, 2.45) is 0 Å². The maximum Gasteiger partial charge on any atom is 0.333 e. The van der Waals surface area contributed by atoms with Crippen LogP contribution in [-0.4, -0.2) is 22.6 Å². The quantitative estimate of drug-likeness (QED) is 0.736. The summed E-state index contributed by atoms with van der Waals surface area (Å²) in [5, 5.41) is 2.89. The van der Waals surface area contributed by atoms with Crippen molar-refractivity contribution in [2.75, 3.05) is 12.4 Å². The lowest BCUT2D eigenvalue weighted by molar-refractivity contribution is 0.102. The van der Waals surface area contributed by atoms with Gasteiger partial charge in [-0.25, -0.2) is 9.36 Å². The van der Waals surface area contributed by atoms with E-state index in [1.165, 1.54) is 7.11 Å². The third kappa shape index (κ3) is 3.38. The van der Waals surface area contributed by atoms with Gasteiger partial charge in [0.25, 0.3) is 11.5 Å². The average molecular weight is 372 g/mol. The number of rotatable bonds is 4. The van der Waals surface area contributed by atoms with Crippen molar-refractivity contribution in [1.82, 2.24) is 9.55 Å². The van der Waals surface area contributed by atoms with E-state index < -0.39 is 17.2 Å². The van der Waals surface area contributed by atoms with E-state index in [0.717, 1.165) is 10.8 Å². The molecule has 0 fully saturated rings. The number of anilines is 1. The highest BCUT2D eigenvalue weighted by atomic mass is 35.5. The summed E-state index contributed by atoms with van der Waals surface area (Å²) in [5.74, 6) is -0.104. The zero-order valence-corrected chi connectivity index (χ0v) is 14.4. The van der Waals surface area contributed by atoms with E-state index in [2.05, 4.69) is 10.3 Å². The van der Waals surface area contributed by atoms with Crippen LogP contribution in [0, 0.1) is 0 Å². The van der Waals surface area contributed by atoms with Crippen LogP contribution < -0.4 is 21.3 Å². The highest BCUT2D eigenvalue weighted by Crippen LogP contribution is 2.20. The number of nitrogens with zero attached hydrogens (tertiary/aromatic N) is 1. The van der Waals surface area contributed by atoms with Gasteiger partial charge in [0.15, 0.2) is 0 Å². The molecule has 0 saturated heterocycles. The van der Waals surface area contributed by atoms with E-state index in [9.17, 15) is 14.4 Å². The first-order valence-corrected chi connectivity index (χ1v) is 7.94. The Morgan fingerprint density at radius 2 is 1.81 bits per heavy atom. The molecule has 3 aromatic rings. The molecule has 0 bridgehead atoms. The second kappa shape index (κ2) is 7.28. The van der Waals surface area contributed by atoms with Crippen LogP contribution in [0.2, 0.25) is 5.02 Å². The van der Waals surface area contributed by atoms with Gasteiger partial charge in [-0.1, -0.05) is 23.7 Å². The van der Waals surface area contributed by atoms with Gasteiger partial charge in [-0.3, -0.25) is 9.59 Å². The van der Waals surface area contributed by atoms with Gasteiger partial charge in [-0.2, -0.15) is 0 Å². The molecule has 1 aromatic heterocycles. The summed E-state index contributed by atoms with van der Waals surface area (Å²) < 4.78 is 5.93. The molecule has 8 heteroatoms. The Kier molecular flexibility index (Phi) is 4.90. The zero-order valence-electron chi connectivity index (χ0n) is 13.7. The van der Waals surface area contributed by atoms with Crippen molar-refractivity contribution in [3.8, 4) is 11.4 Å². The largest absolute Gasteiger partial charge is 0.497 e. The second-order valence-corrected chi connectivity index (χ2v) is 5.69. The fraction of sp³-hybridized carbons (Fsp3) is 0.0556. The highest BCUT2D eigenvalue weighted by molar-refractivity contribution is 6.33. The molecular weight excluding hydrogens is 358 g/mol. The molecule has 26 heavy (non-hydrogen) atoms. The lowest BCUT2D eigenvalue weighted by Crippen LogP contribution is -2.38. The average Bonchev–Trinajstić information content (AvgIpc) is 2.64. The molecule has 0 aliphatic carbocycles. The number of benzene rings is 2. The van der Waals surface area contributed by atoms with Crippen molar-refractivity contribution >= 4 is 23.2 Å². The predicted molar refractivity (Wildman–Crippen MR) is 98.6 cm³/mol. The molecule has 2 aromatic carbocycles. The molecule has 3 rings (SSSR count). The fourth-order valence-corrected chi connectivity index (χ4v) is 2.54. The van der Waals surface area contributed by atoms with E-state index in [1.54, 1.807) is 48.5 Å². The summed E-state index contributed by atoms with van der Waals surface area (Å²) in [5.41, 5.74) is -0.955. The van der Waals surface area contributed by atoms with E-state index in [0.29, 0.717) is 22.1 Å². The second-order valence-electron chi connectivity index (χ2n) is 5.28. The first kappa shape index (κ1) is 17.5. The van der Waals surface area contributed by atoms with Gasteiger partial charge < -0.3 is 15.0 Å². The summed E-state index contributed by atoms with van der Waals surface area (Å²) in [6.45, 7) is 0. The number of aromatic amines is 1. The van der Waals surface area contributed by atoms with Crippen molar-refractivity contribution in [2.45, 2.75) is 0 Å². The van der Waals surface area contributed by atoms with Gasteiger partial charge in [-0.05, 0) is 36.4 Å². The SMILES string of the molecule is COc1ccc(-n2c(=O)[nH]cc(C(=O)Nc3ccccc3Cl)c2=O)cc1. The van der Waals surface area contributed by atoms with Crippen LogP contribution in [0.5, 0.6) is 5.75 Å². The van der Waals surface area contributed by atoms with Crippen LogP contribution in [0.15, 0.2) is 64.3 Å². The minimum Gasteiger partial charge on any atom is -0.497 e. The van der Waals surface area contributed by atoms with Crippen molar-refractivity contribution in [1.29, 1.82) is 0 Å². The standard InChI is InChI=1S/C18H14ClN3O4/c1-26-12-8-6-11(7-9-12)22-17(24)13(10-20-18(22)25)16(23)21-15-5-3-2-4-14(15)19/h2-10H,1H3,(H,20,25)(H,21,23). The van der Waals surface area contributed by atoms with Crippen LogP contribution in [0.25, 0.3) is 5.69 Å². The fourth-order valence-electron chi connectivity index (χ4n) is 2.35. The summed E-state index contributed by atoms with van der Waals surface area (Å²) >= 11 is 6.01. The Bertz CT molecular complexity index is 1070. The molecule has 0 aliphatic heterocycles. The predicted octanol–water partition coefficient (Wildman–Crippen LogP) is 2.44. The number of nitrogens with one attached hydrogen (secondary N) is 2. The molecule has 1 heterocycles. The number of halogens is 1. The Balaban J connectivity index is 2.02. The van der Waals surface area contributed by atoms with Crippen LogP contribution in [0.4, 0.5) is 5.69 Å². The number of methoxy groups -OCH3 is 1. The van der Waals surface area contributed by atoms with Crippen molar-refractivity contribution in [3.05, 3.63) is 86.2 Å². The number of aromatic nitrogens is 2. The first-order chi connectivity index (χ1) is 12.5. The number of ether oxygens (including phenoxy) is 1. The highest BCUT2D eigenvalue weighted by Gasteiger charge is 2.16. The molecule has 0 aliphatic rings. The monoisotopic (exact) mass is 371 g/mol. The van der Waals surface area contributed by atoms with Crippen LogP contribution >= 0.6 is 11.6 Å². The Morgan fingerprint density at radius 1 is 1.12 bits per heavy atom. The maximum absolute atomic E-state index is 12.7. The molecule has 1 amide bonds. The molecule has 0 saturated carbocycles. The lowest BCUT2D eigenvalue weighted by atomic mass is 10.2. The third-order valence-electron chi connectivity index (χ3n) is 3.67. The number of hydrogen-bond donors (Lipinski definition) is 2.